The predicted molar refractivity (Wildman–Crippen MR) is 96.2 cm³/mol. The summed E-state index contributed by atoms with van der Waals surface area (Å²) in [4.78, 5) is 0. The van der Waals surface area contributed by atoms with Gasteiger partial charge in [-0.15, -0.1) is 0 Å². The van der Waals surface area contributed by atoms with Crippen LogP contribution in [0.1, 0.15) is 30.5 Å². The van der Waals surface area contributed by atoms with Gasteiger partial charge in [0.25, 0.3) is 0 Å². The van der Waals surface area contributed by atoms with Gasteiger partial charge in [0, 0.05) is 11.4 Å². The lowest BCUT2D eigenvalue weighted by Gasteiger charge is -2.17. The van der Waals surface area contributed by atoms with Crippen molar-refractivity contribution in [2.45, 2.75) is 33.6 Å². The van der Waals surface area contributed by atoms with Gasteiger partial charge in [0.05, 0.1) is 0 Å². The topological polar surface area (TPSA) is 24.1 Å². The normalized spacial score (nSPS) is 10.2. The fraction of sp³-hybridized carbons (Fsp3) is 0.278. The average Bonchev–Trinajstić information content (AvgIpc) is 2.47. The Morgan fingerprint density at radius 3 is 2.14 bits per heavy atom. The third-order valence-electron chi connectivity index (χ3n) is 3.51. The fourth-order valence-electron chi connectivity index (χ4n) is 2.40. The maximum atomic E-state index is 5.45. The van der Waals surface area contributed by atoms with Crippen molar-refractivity contribution < 1.29 is 0 Å². The molecule has 0 aliphatic heterocycles. The van der Waals surface area contributed by atoms with Crippen molar-refractivity contribution in [1.82, 2.24) is 0 Å². The molecule has 0 bridgehead atoms. The van der Waals surface area contributed by atoms with Gasteiger partial charge in [-0.3, -0.25) is 0 Å². The van der Waals surface area contributed by atoms with E-state index in [2.05, 4.69) is 61.7 Å². The molecule has 0 unspecified atom stereocenters. The molecule has 3 heteroatoms. The molecule has 2 aromatic rings. The molecule has 0 aromatic heterocycles. The molecule has 0 saturated heterocycles. The molecule has 2 rings (SSSR count). The highest BCUT2D eigenvalue weighted by molar-refractivity contribution is 7.80. The molecule has 0 atom stereocenters. The maximum Gasteiger partial charge on any atom is 0.175 e. The second-order valence-electron chi connectivity index (χ2n) is 5.11. The second kappa shape index (κ2) is 7.23. The zero-order valence-corrected chi connectivity index (χ0v) is 13.7. The van der Waals surface area contributed by atoms with Crippen LogP contribution in [0.15, 0.2) is 42.5 Å². The number of aryl methyl sites for hydroxylation is 3. The Morgan fingerprint density at radius 1 is 0.952 bits per heavy atom. The van der Waals surface area contributed by atoms with Crippen molar-refractivity contribution in [2.24, 2.45) is 0 Å². The summed E-state index contributed by atoms with van der Waals surface area (Å²) in [6, 6.07) is 14.6. The minimum atomic E-state index is 0.635. The molecule has 0 aliphatic carbocycles. The summed E-state index contributed by atoms with van der Waals surface area (Å²) < 4.78 is 0. The van der Waals surface area contributed by atoms with Gasteiger partial charge in [0.15, 0.2) is 5.11 Å². The molecule has 110 valence electrons. The lowest BCUT2D eigenvalue weighted by molar-refractivity contribution is 1.09. The first kappa shape index (κ1) is 15.5. The summed E-state index contributed by atoms with van der Waals surface area (Å²) in [5.41, 5.74) is 5.96. The molecular weight excluding hydrogens is 276 g/mol. The van der Waals surface area contributed by atoms with E-state index in [0.29, 0.717) is 5.11 Å². The average molecular weight is 298 g/mol. The van der Waals surface area contributed by atoms with Crippen molar-refractivity contribution in [3.8, 4) is 0 Å². The molecule has 21 heavy (non-hydrogen) atoms. The zero-order chi connectivity index (χ0) is 15.2. The molecule has 2 nitrogen and oxygen atoms in total. The smallest absolute Gasteiger partial charge is 0.175 e. The Labute approximate surface area is 132 Å². The number of anilines is 2. The molecule has 2 aromatic carbocycles. The van der Waals surface area contributed by atoms with E-state index in [1.165, 1.54) is 16.7 Å². The molecule has 0 radical (unpaired) electrons. The van der Waals surface area contributed by atoms with Gasteiger partial charge < -0.3 is 10.6 Å². The van der Waals surface area contributed by atoms with E-state index >= 15 is 0 Å². The second-order valence-corrected chi connectivity index (χ2v) is 5.52. The molecule has 2 N–H and O–H groups in total. The van der Waals surface area contributed by atoms with Crippen LogP contribution in [0.3, 0.4) is 0 Å². The van der Waals surface area contributed by atoms with Crippen molar-refractivity contribution in [1.29, 1.82) is 0 Å². The molecular formula is C18H22N2S. The van der Waals surface area contributed by atoms with E-state index in [1.807, 2.05) is 12.1 Å². The summed E-state index contributed by atoms with van der Waals surface area (Å²) >= 11 is 5.45. The van der Waals surface area contributed by atoms with E-state index in [4.69, 9.17) is 12.2 Å². The predicted octanol–water partition coefficient (Wildman–Crippen LogP) is 4.93. The van der Waals surface area contributed by atoms with Crippen LogP contribution in [0.4, 0.5) is 11.4 Å². The minimum Gasteiger partial charge on any atom is -0.332 e. The number of para-hydroxylation sites is 1. The van der Waals surface area contributed by atoms with Crippen LogP contribution in [0.5, 0.6) is 0 Å². The highest BCUT2D eigenvalue weighted by Crippen LogP contribution is 2.23. The number of benzene rings is 2. The van der Waals surface area contributed by atoms with Gasteiger partial charge in [0.2, 0.25) is 0 Å². The van der Waals surface area contributed by atoms with Crippen LogP contribution in [0, 0.1) is 6.92 Å². The molecule has 0 saturated carbocycles. The molecule has 0 heterocycles. The van der Waals surface area contributed by atoms with Crippen molar-refractivity contribution in [2.75, 3.05) is 10.6 Å². The van der Waals surface area contributed by atoms with Crippen LogP contribution in [0.25, 0.3) is 0 Å². The first-order valence-electron chi connectivity index (χ1n) is 7.39. The SMILES string of the molecule is CCc1cccc(CC)c1NC(=S)Nc1cccc(C)c1. The molecule has 0 amide bonds. The third kappa shape index (κ3) is 4.05. The lowest BCUT2D eigenvalue weighted by atomic mass is 10.0. The number of thiocarbonyl (C=S) groups is 1. The van der Waals surface area contributed by atoms with Gasteiger partial charge in [-0.05, 0) is 60.8 Å². The van der Waals surface area contributed by atoms with E-state index in [1.54, 1.807) is 0 Å². The third-order valence-corrected chi connectivity index (χ3v) is 3.72. The number of hydrogen-bond donors (Lipinski definition) is 2. The Kier molecular flexibility index (Phi) is 5.34. The van der Waals surface area contributed by atoms with Crippen molar-refractivity contribution >= 4 is 28.7 Å². The van der Waals surface area contributed by atoms with E-state index < -0.39 is 0 Å². The van der Waals surface area contributed by atoms with Gasteiger partial charge in [-0.25, -0.2) is 0 Å². The van der Waals surface area contributed by atoms with Crippen molar-refractivity contribution in [3.63, 3.8) is 0 Å². The minimum absolute atomic E-state index is 0.635. The summed E-state index contributed by atoms with van der Waals surface area (Å²) in [6.45, 7) is 6.40. The Bertz CT molecular complexity index is 613. The largest absolute Gasteiger partial charge is 0.332 e. The summed E-state index contributed by atoms with van der Waals surface area (Å²) in [5, 5.41) is 7.26. The highest BCUT2D eigenvalue weighted by atomic mass is 32.1. The van der Waals surface area contributed by atoms with Gasteiger partial charge in [0.1, 0.15) is 0 Å². The zero-order valence-electron chi connectivity index (χ0n) is 12.9. The van der Waals surface area contributed by atoms with Crippen LogP contribution in [-0.2, 0) is 12.8 Å². The standard InChI is InChI=1S/C18H22N2S/c1-4-14-9-7-10-15(5-2)17(14)20-18(21)19-16-11-6-8-13(3)12-16/h6-12H,4-5H2,1-3H3,(H2,19,20,21). The fourth-order valence-corrected chi connectivity index (χ4v) is 2.62. The maximum absolute atomic E-state index is 5.45. The van der Waals surface area contributed by atoms with E-state index in [-0.39, 0.29) is 0 Å². The number of hydrogen-bond acceptors (Lipinski definition) is 1. The monoisotopic (exact) mass is 298 g/mol. The number of rotatable bonds is 4. The first-order chi connectivity index (χ1) is 10.1. The van der Waals surface area contributed by atoms with Crippen LogP contribution < -0.4 is 10.6 Å². The summed E-state index contributed by atoms with van der Waals surface area (Å²) in [6.07, 6.45) is 1.98. The summed E-state index contributed by atoms with van der Waals surface area (Å²) in [7, 11) is 0. The van der Waals surface area contributed by atoms with Crippen molar-refractivity contribution in [3.05, 3.63) is 59.2 Å². The van der Waals surface area contributed by atoms with E-state index in [0.717, 1.165) is 24.2 Å². The quantitative estimate of drug-likeness (QED) is 0.783. The molecule has 0 fully saturated rings. The van der Waals surface area contributed by atoms with Gasteiger partial charge in [-0.1, -0.05) is 44.2 Å². The Hall–Kier alpha value is -1.87. The number of nitrogens with one attached hydrogen (secondary N) is 2. The van der Waals surface area contributed by atoms with Crippen LogP contribution in [0.2, 0.25) is 0 Å². The summed E-state index contributed by atoms with van der Waals surface area (Å²) in [5.74, 6) is 0. The Morgan fingerprint density at radius 2 is 1.57 bits per heavy atom. The van der Waals surface area contributed by atoms with Crippen LogP contribution in [-0.4, -0.2) is 5.11 Å². The molecule has 0 spiro atoms. The highest BCUT2D eigenvalue weighted by Gasteiger charge is 2.08. The van der Waals surface area contributed by atoms with Gasteiger partial charge >= 0.3 is 0 Å². The first-order valence-corrected chi connectivity index (χ1v) is 7.80. The van der Waals surface area contributed by atoms with Gasteiger partial charge in [-0.2, -0.15) is 0 Å². The molecule has 0 aliphatic rings. The van der Waals surface area contributed by atoms with Crippen LogP contribution >= 0.6 is 12.2 Å². The van der Waals surface area contributed by atoms with E-state index in [9.17, 15) is 0 Å². The Balaban J connectivity index is 2.16. The lowest BCUT2D eigenvalue weighted by Crippen LogP contribution is -2.21.